The van der Waals surface area contributed by atoms with E-state index in [2.05, 4.69) is 10.2 Å². The van der Waals surface area contributed by atoms with Crippen LogP contribution < -0.4 is 5.32 Å². The van der Waals surface area contributed by atoms with Crippen molar-refractivity contribution in [3.05, 3.63) is 40.5 Å². The highest BCUT2D eigenvalue weighted by atomic mass is 35.5. The van der Waals surface area contributed by atoms with Gasteiger partial charge < -0.3 is 15.3 Å². The summed E-state index contributed by atoms with van der Waals surface area (Å²) in [6, 6.07) is 8.05. The summed E-state index contributed by atoms with van der Waals surface area (Å²) in [5.74, 6) is -2.75. The molecule has 0 bridgehead atoms. The Kier molecular flexibility index (Phi) is 6.08. The molecule has 5 nitrogen and oxygen atoms in total. The molecule has 2 aliphatic carbocycles. The van der Waals surface area contributed by atoms with Crippen LogP contribution in [0.3, 0.4) is 0 Å². The number of pyridine rings is 1. The third kappa shape index (κ3) is 4.73. The molecule has 2 unspecified atom stereocenters. The van der Waals surface area contributed by atoms with Crippen molar-refractivity contribution in [2.45, 2.75) is 74.8 Å². The first-order valence-corrected chi connectivity index (χ1v) is 12.3. The second-order valence-electron chi connectivity index (χ2n) is 10.0. The Labute approximate surface area is 197 Å². The third-order valence-corrected chi connectivity index (χ3v) is 8.10. The van der Waals surface area contributed by atoms with Crippen LogP contribution in [0.15, 0.2) is 24.3 Å². The number of hydrogen-bond donors (Lipinski definition) is 2. The Balaban J connectivity index is 1.31. The molecule has 178 valence electrons. The number of hydrogen-bond acceptors (Lipinski definition) is 4. The molecule has 2 aromatic rings. The number of rotatable bonds is 5. The number of halogens is 3. The SMILES string of the molecule is O=C(NCC1(O)CCC(F)(F)CC1)c1c(Cl)ccc2nc(C3CCC(N4CCC4)C3)ccc12. The van der Waals surface area contributed by atoms with Crippen molar-refractivity contribution in [2.24, 2.45) is 0 Å². The van der Waals surface area contributed by atoms with Gasteiger partial charge in [0.25, 0.3) is 5.91 Å². The van der Waals surface area contributed by atoms with Gasteiger partial charge in [0.1, 0.15) is 0 Å². The number of aromatic nitrogens is 1. The Bertz CT molecular complexity index is 1050. The van der Waals surface area contributed by atoms with Crippen LogP contribution in [-0.4, -0.2) is 58.1 Å². The van der Waals surface area contributed by atoms with Crippen LogP contribution in [0.25, 0.3) is 10.9 Å². The average molecular weight is 478 g/mol. The van der Waals surface area contributed by atoms with E-state index in [-0.39, 0.29) is 32.2 Å². The van der Waals surface area contributed by atoms with Gasteiger partial charge in [0, 0.05) is 42.4 Å². The fourth-order valence-corrected chi connectivity index (χ4v) is 5.76. The zero-order valence-electron chi connectivity index (χ0n) is 18.6. The van der Waals surface area contributed by atoms with E-state index in [1.165, 1.54) is 25.9 Å². The summed E-state index contributed by atoms with van der Waals surface area (Å²) in [6.07, 6.45) is 3.90. The van der Waals surface area contributed by atoms with Gasteiger partial charge in [0.2, 0.25) is 5.92 Å². The van der Waals surface area contributed by atoms with Gasteiger partial charge in [-0.05, 0) is 69.8 Å². The molecule has 2 N–H and O–H groups in total. The molecule has 1 aliphatic heterocycles. The summed E-state index contributed by atoms with van der Waals surface area (Å²) in [7, 11) is 0. The van der Waals surface area contributed by atoms with Gasteiger partial charge in [-0.3, -0.25) is 9.78 Å². The molecule has 0 radical (unpaired) electrons. The van der Waals surface area contributed by atoms with Gasteiger partial charge in [0.15, 0.2) is 0 Å². The number of aliphatic hydroxyl groups is 1. The minimum atomic E-state index is -2.74. The molecule has 2 heterocycles. The van der Waals surface area contributed by atoms with Crippen LogP contribution >= 0.6 is 11.6 Å². The van der Waals surface area contributed by atoms with E-state index in [1.807, 2.05) is 18.2 Å². The maximum atomic E-state index is 13.4. The van der Waals surface area contributed by atoms with Crippen LogP contribution in [0, 0.1) is 0 Å². The summed E-state index contributed by atoms with van der Waals surface area (Å²) in [5, 5.41) is 14.3. The lowest BCUT2D eigenvalue weighted by Crippen LogP contribution is -2.47. The van der Waals surface area contributed by atoms with Gasteiger partial charge in [-0.1, -0.05) is 17.7 Å². The topological polar surface area (TPSA) is 65.5 Å². The van der Waals surface area contributed by atoms with E-state index < -0.39 is 17.4 Å². The van der Waals surface area contributed by atoms with Crippen molar-refractivity contribution in [3.63, 3.8) is 0 Å². The number of carbonyl (C=O) groups excluding carboxylic acids is 1. The number of benzene rings is 1. The lowest BCUT2D eigenvalue weighted by molar-refractivity contribution is -0.101. The van der Waals surface area contributed by atoms with E-state index in [0.29, 0.717) is 33.4 Å². The number of nitrogens with zero attached hydrogens (tertiary/aromatic N) is 2. The lowest BCUT2D eigenvalue weighted by Gasteiger charge is -2.36. The zero-order chi connectivity index (χ0) is 23.2. The van der Waals surface area contributed by atoms with Crippen molar-refractivity contribution in [1.29, 1.82) is 0 Å². The first-order chi connectivity index (χ1) is 15.7. The molecule has 1 aromatic heterocycles. The van der Waals surface area contributed by atoms with Crippen LogP contribution in [0.2, 0.25) is 5.02 Å². The predicted molar refractivity (Wildman–Crippen MR) is 124 cm³/mol. The minimum absolute atomic E-state index is 0.0473. The summed E-state index contributed by atoms with van der Waals surface area (Å²) in [4.78, 5) is 20.4. The second kappa shape index (κ2) is 8.75. The quantitative estimate of drug-likeness (QED) is 0.642. The Morgan fingerprint density at radius 2 is 1.91 bits per heavy atom. The fourth-order valence-electron chi connectivity index (χ4n) is 5.51. The highest BCUT2D eigenvalue weighted by Crippen LogP contribution is 2.39. The molecule has 2 saturated carbocycles. The highest BCUT2D eigenvalue weighted by Gasteiger charge is 2.42. The third-order valence-electron chi connectivity index (χ3n) is 7.79. The Morgan fingerprint density at radius 1 is 1.15 bits per heavy atom. The van der Waals surface area contributed by atoms with Crippen LogP contribution in [-0.2, 0) is 0 Å². The number of carbonyl (C=O) groups is 1. The smallest absolute Gasteiger partial charge is 0.253 e. The first kappa shape index (κ1) is 22.9. The Morgan fingerprint density at radius 3 is 2.61 bits per heavy atom. The van der Waals surface area contributed by atoms with Crippen molar-refractivity contribution >= 4 is 28.4 Å². The van der Waals surface area contributed by atoms with Gasteiger partial charge in [0.05, 0.1) is 21.7 Å². The van der Waals surface area contributed by atoms with Crippen LogP contribution in [0.4, 0.5) is 8.78 Å². The number of fused-ring (bicyclic) bond motifs is 1. The molecule has 1 amide bonds. The second-order valence-corrected chi connectivity index (χ2v) is 10.4. The maximum absolute atomic E-state index is 13.4. The summed E-state index contributed by atoms with van der Waals surface area (Å²) in [6.45, 7) is 2.33. The largest absolute Gasteiger partial charge is 0.388 e. The molecule has 8 heteroatoms. The monoisotopic (exact) mass is 477 g/mol. The highest BCUT2D eigenvalue weighted by molar-refractivity contribution is 6.35. The molecule has 0 spiro atoms. The van der Waals surface area contributed by atoms with Gasteiger partial charge in [-0.2, -0.15) is 0 Å². The molecule has 2 atom stereocenters. The number of alkyl halides is 2. The van der Waals surface area contributed by atoms with E-state index >= 15 is 0 Å². The van der Waals surface area contributed by atoms with Crippen LogP contribution in [0.1, 0.15) is 73.3 Å². The molecule has 3 aliphatic rings. The van der Waals surface area contributed by atoms with E-state index in [0.717, 1.165) is 18.5 Å². The predicted octanol–water partition coefficient (Wildman–Crippen LogP) is 4.90. The van der Waals surface area contributed by atoms with Crippen molar-refractivity contribution in [1.82, 2.24) is 15.2 Å². The summed E-state index contributed by atoms with van der Waals surface area (Å²) >= 11 is 6.38. The summed E-state index contributed by atoms with van der Waals surface area (Å²) in [5.41, 5.74) is 0.750. The van der Waals surface area contributed by atoms with Gasteiger partial charge in [-0.25, -0.2) is 8.78 Å². The molecular formula is C25H30ClF2N3O2. The molecule has 3 fully saturated rings. The molecular weight excluding hydrogens is 448 g/mol. The van der Waals surface area contributed by atoms with E-state index in [1.54, 1.807) is 6.07 Å². The molecule has 1 saturated heterocycles. The zero-order valence-corrected chi connectivity index (χ0v) is 19.4. The van der Waals surface area contributed by atoms with Crippen molar-refractivity contribution in [2.75, 3.05) is 19.6 Å². The first-order valence-electron chi connectivity index (χ1n) is 11.9. The van der Waals surface area contributed by atoms with Crippen LogP contribution in [0.5, 0.6) is 0 Å². The van der Waals surface area contributed by atoms with E-state index in [9.17, 15) is 18.7 Å². The number of likely N-dealkylation sites (tertiary alicyclic amines) is 1. The maximum Gasteiger partial charge on any atom is 0.253 e. The standard InChI is InChI=1S/C25H30ClF2N3O2/c26-19-5-7-21-18(4-6-20(30-21)16-2-3-17(14-16)31-12-1-13-31)22(19)23(32)29-15-24(33)8-10-25(27,28)11-9-24/h4-7,16-17,33H,1-3,8-15H2,(H,29,32). The van der Waals surface area contributed by atoms with Gasteiger partial charge >= 0.3 is 0 Å². The number of amides is 1. The van der Waals surface area contributed by atoms with Gasteiger partial charge in [-0.15, -0.1) is 0 Å². The average Bonchev–Trinajstić information content (AvgIpc) is 3.22. The molecule has 33 heavy (non-hydrogen) atoms. The number of nitrogens with one attached hydrogen (secondary N) is 1. The minimum Gasteiger partial charge on any atom is -0.388 e. The van der Waals surface area contributed by atoms with Crippen molar-refractivity contribution < 1.29 is 18.7 Å². The normalized spacial score (nSPS) is 26.8. The van der Waals surface area contributed by atoms with Crippen molar-refractivity contribution in [3.8, 4) is 0 Å². The fraction of sp³-hybridized carbons (Fsp3) is 0.600. The summed E-state index contributed by atoms with van der Waals surface area (Å²) < 4.78 is 26.9. The molecule has 5 rings (SSSR count). The van der Waals surface area contributed by atoms with E-state index in [4.69, 9.17) is 16.6 Å². The lowest BCUT2D eigenvalue weighted by atomic mass is 9.82. The Hall–Kier alpha value is -1.83. The molecule has 1 aromatic carbocycles.